The molecule has 2 bridgehead atoms. The van der Waals surface area contributed by atoms with Crippen molar-refractivity contribution in [3.63, 3.8) is 0 Å². The first-order chi connectivity index (χ1) is 21.6. The molecule has 2 aromatic rings. The topological polar surface area (TPSA) is 97.3 Å². The number of rotatable bonds is 6. The van der Waals surface area contributed by atoms with Gasteiger partial charge in [-0.15, -0.1) is 4.36 Å². The molecule has 246 valence electrons. The number of nitrogens with zero attached hydrogens (tertiary/aromatic N) is 2. The van der Waals surface area contributed by atoms with E-state index in [0.29, 0.717) is 42.7 Å². The quantitative estimate of drug-likeness (QED) is 0.356. The molecule has 3 aliphatic rings. The molecule has 2 aliphatic heterocycles. The number of fused-ring (bicyclic) bond motifs is 2. The Morgan fingerprint density at radius 2 is 1.98 bits per heavy atom. The average molecular weight is 658 g/mol. The van der Waals surface area contributed by atoms with Gasteiger partial charge in [0.25, 0.3) is 5.91 Å². The Morgan fingerprint density at radius 3 is 2.69 bits per heavy atom. The van der Waals surface area contributed by atoms with E-state index in [9.17, 15) is 13.8 Å². The molecule has 2 aromatic carbocycles. The number of ether oxygens (including phenoxy) is 2. The smallest absolute Gasteiger partial charge is 0.286 e. The van der Waals surface area contributed by atoms with E-state index in [-0.39, 0.29) is 29.6 Å². The SMILES string of the molecule is CCCc1cc(Cl)ccc1[C@]1(C)COc2ccc3cc2N(C[C@@H]2CC[C@H]2[C@@H](OC)CCCCCS(=O)(NC(=O)CC)=NC3=O)C1. The van der Waals surface area contributed by atoms with Crippen molar-refractivity contribution >= 4 is 39.0 Å². The van der Waals surface area contributed by atoms with Crippen LogP contribution in [0.2, 0.25) is 5.02 Å². The molecule has 2 heterocycles. The standard InChI is InChI=1S/C35H48ClN3O5S/c1-5-10-24-19-27(36)14-16-29(24)35(3)22-39-21-26-12-15-28(26)31(43-4)11-8-7-9-18-45(42,37-33(40)6-2)38-34(41)25-13-17-32(44-23-35)30(39)20-25/h13-14,16-17,19-20,26,28,31H,5-12,15,18,21-23H2,1-4H3,(H,37,38,40,41,42)/t26-,28+,31-,35-,45?/m0/s1. The van der Waals surface area contributed by atoms with Crippen molar-refractivity contribution in [2.24, 2.45) is 16.2 Å². The van der Waals surface area contributed by atoms with Gasteiger partial charge in [0.1, 0.15) is 15.7 Å². The molecule has 1 saturated carbocycles. The summed E-state index contributed by atoms with van der Waals surface area (Å²) in [6.45, 7) is 8.10. The van der Waals surface area contributed by atoms with Crippen molar-refractivity contribution in [2.45, 2.75) is 90.1 Å². The second-order valence-corrected chi connectivity index (χ2v) is 15.7. The molecule has 2 amide bonds. The maximum absolute atomic E-state index is 13.8. The second kappa shape index (κ2) is 14.4. The molecule has 5 rings (SSSR count). The molecule has 1 unspecified atom stereocenters. The van der Waals surface area contributed by atoms with Crippen molar-refractivity contribution in [3.8, 4) is 5.75 Å². The lowest BCUT2D eigenvalue weighted by atomic mass is 9.69. The highest BCUT2D eigenvalue weighted by molar-refractivity contribution is 7.92. The lowest BCUT2D eigenvalue weighted by Crippen LogP contribution is -2.48. The highest BCUT2D eigenvalue weighted by atomic mass is 35.5. The van der Waals surface area contributed by atoms with Gasteiger partial charge >= 0.3 is 0 Å². The molecule has 0 aromatic heterocycles. The fourth-order valence-electron chi connectivity index (χ4n) is 7.24. The fourth-order valence-corrected chi connectivity index (χ4v) is 9.14. The first-order valence-corrected chi connectivity index (χ1v) is 18.6. The number of halogens is 1. The van der Waals surface area contributed by atoms with Crippen LogP contribution in [0.1, 0.15) is 93.6 Å². The van der Waals surface area contributed by atoms with Gasteiger partial charge in [0.15, 0.2) is 0 Å². The van der Waals surface area contributed by atoms with Gasteiger partial charge in [0, 0.05) is 42.6 Å². The molecule has 10 heteroatoms. The molecule has 8 nitrogen and oxygen atoms in total. The zero-order chi connectivity index (χ0) is 32.2. The largest absolute Gasteiger partial charge is 0.490 e. The van der Waals surface area contributed by atoms with Crippen LogP contribution in [0.5, 0.6) is 5.75 Å². The molecule has 0 saturated heterocycles. The summed E-state index contributed by atoms with van der Waals surface area (Å²) < 4.78 is 33.2. The number of hydrogen-bond acceptors (Lipinski definition) is 6. The number of anilines is 1. The molecule has 1 aliphatic carbocycles. The summed E-state index contributed by atoms with van der Waals surface area (Å²) in [6, 6.07) is 11.5. The van der Waals surface area contributed by atoms with E-state index in [0.717, 1.165) is 62.2 Å². The molecule has 0 spiro atoms. The summed E-state index contributed by atoms with van der Waals surface area (Å²) >= 11 is 6.46. The molecule has 1 N–H and O–H groups in total. The second-order valence-electron chi connectivity index (χ2n) is 13.2. The summed E-state index contributed by atoms with van der Waals surface area (Å²) in [5.41, 5.74) is 3.28. The van der Waals surface area contributed by atoms with E-state index in [2.05, 4.69) is 40.0 Å². The van der Waals surface area contributed by atoms with Crippen LogP contribution in [0.3, 0.4) is 0 Å². The highest BCUT2D eigenvalue weighted by Crippen LogP contribution is 2.45. The molecule has 0 radical (unpaired) electrons. The molecular formula is C35H48ClN3O5S. The maximum Gasteiger partial charge on any atom is 0.286 e. The minimum Gasteiger partial charge on any atom is -0.490 e. The summed E-state index contributed by atoms with van der Waals surface area (Å²) in [5, 5.41) is 0.732. The van der Waals surface area contributed by atoms with Crippen molar-refractivity contribution in [1.82, 2.24) is 4.72 Å². The summed E-state index contributed by atoms with van der Waals surface area (Å²) in [5.74, 6) is 0.760. The van der Waals surface area contributed by atoms with E-state index in [1.54, 1.807) is 13.0 Å². The van der Waals surface area contributed by atoms with Crippen molar-refractivity contribution in [3.05, 3.63) is 58.1 Å². The number of carbonyl (C=O) groups is 2. The number of hydrogen-bond donors (Lipinski definition) is 1. The summed E-state index contributed by atoms with van der Waals surface area (Å²) in [7, 11) is -1.47. The normalized spacial score (nSPS) is 29.0. The first kappa shape index (κ1) is 33.7. The third-order valence-corrected chi connectivity index (χ3v) is 11.9. The molecule has 5 atom stereocenters. The Hall–Kier alpha value is -2.62. The van der Waals surface area contributed by atoms with Gasteiger partial charge in [0.2, 0.25) is 5.91 Å². The van der Waals surface area contributed by atoms with Gasteiger partial charge in [-0.3, -0.25) is 14.3 Å². The third kappa shape index (κ3) is 7.68. The molecule has 1 fully saturated rings. The van der Waals surface area contributed by atoms with Crippen molar-refractivity contribution in [1.29, 1.82) is 0 Å². The fraction of sp³-hybridized carbons (Fsp3) is 0.600. The van der Waals surface area contributed by atoms with E-state index >= 15 is 0 Å². The zero-order valence-electron chi connectivity index (χ0n) is 27.1. The zero-order valence-corrected chi connectivity index (χ0v) is 28.7. The Kier molecular flexibility index (Phi) is 10.8. The Labute approximate surface area is 273 Å². The van der Waals surface area contributed by atoms with Crippen LogP contribution in [0.4, 0.5) is 5.69 Å². The van der Waals surface area contributed by atoms with Crippen LogP contribution in [0.15, 0.2) is 40.8 Å². The predicted molar refractivity (Wildman–Crippen MR) is 181 cm³/mol. The van der Waals surface area contributed by atoms with Gasteiger partial charge in [-0.2, -0.15) is 0 Å². The highest BCUT2D eigenvalue weighted by Gasteiger charge is 2.42. The Bertz CT molecular complexity index is 1520. The minimum absolute atomic E-state index is 0.133. The van der Waals surface area contributed by atoms with Gasteiger partial charge in [-0.25, -0.2) is 4.21 Å². The number of carbonyl (C=O) groups excluding carboxylic acids is 2. The van der Waals surface area contributed by atoms with Gasteiger partial charge in [-0.1, -0.05) is 57.7 Å². The van der Waals surface area contributed by atoms with Crippen LogP contribution in [-0.4, -0.2) is 54.7 Å². The third-order valence-electron chi connectivity index (χ3n) is 9.82. The average Bonchev–Trinajstić information content (AvgIpc) is 3.14. The van der Waals surface area contributed by atoms with Crippen LogP contribution in [-0.2, 0) is 31.3 Å². The number of aryl methyl sites for hydroxylation is 1. The maximum atomic E-state index is 13.8. The molecule has 45 heavy (non-hydrogen) atoms. The monoisotopic (exact) mass is 657 g/mol. The van der Waals surface area contributed by atoms with Crippen LogP contribution in [0.25, 0.3) is 0 Å². The number of nitrogens with one attached hydrogen (secondary N) is 1. The van der Waals surface area contributed by atoms with Crippen molar-refractivity contribution < 1.29 is 23.3 Å². The summed E-state index contributed by atoms with van der Waals surface area (Å²) in [4.78, 5) is 28.3. The first-order valence-electron chi connectivity index (χ1n) is 16.5. The Balaban J connectivity index is 1.59. The number of amides is 2. The van der Waals surface area contributed by atoms with Gasteiger partial charge < -0.3 is 14.4 Å². The Morgan fingerprint density at radius 1 is 1.16 bits per heavy atom. The van der Waals surface area contributed by atoms with Crippen molar-refractivity contribution in [2.75, 3.05) is 37.5 Å². The van der Waals surface area contributed by atoms with Gasteiger partial charge in [-0.05, 0) is 85.4 Å². The van der Waals surface area contributed by atoms with Crippen LogP contribution >= 0.6 is 11.6 Å². The van der Waals surface area contributed by atoms with Crippen LogP contribution < -0.4 is 14.4 Å². The molecular weight excluding hydrogens is 610 g/mol. The van der Waals surface area contributed by atoms with E-state index in [1.807, 2.05) is 25.3 Å². The van der Waals surface area contributed by atoms with Crippen LogP contribution in [0, 0.1) is 11.8 Å². The minimum atomic E-state index is -3.28. The summed E-state index contributed by atoms with van der Waals surface area (Å²) in [6.07, 6.45) is 7.76. The predicted octanol–water partition coefficient (Wildman–Crippen LogP) is 7.11. The van der Waals surface area contributed by atoms with E-state index in [4.69, 9.17) is 21.1 Å². The van der Waals surface area contributed by atoms with E-state index < -0.39 is 15.8 Å². The number of benzene rings is 2. The van der Waals surface area contributed by atoms with E-state index in [1.165, 1.54) is 11.1 Å². The number of methoxy groups -OCH3 is 1. The lowest BCUT2D eigenvalue weighted by Gasteiger charge is -2.45. The lowest BCUT2D eigenvalue weighted by molar-refractivity contribution is -0.118. The van der Waals surface area contributed by atoms with Gasteiger partial charge in [0.05, 0.1) is 24.2 Å².